The van der Waals surface area contributed by atoms with Crippen molar-refractivity contribution >= 4 is 17.4 Å². The van der Waals surface area contributed by atoms with Gasteiger partial charge in [0, 0.05) is 12.6 Å². The molecule has 1 saturated heterocycles. The number of aliphatic hydroxyl groups excluding tert-OH is 1. The van der Waals surface area contributed by atoms with E-state index in [1.807, 2.05) is 38.1 Å². The molecule has 1 atom stereocenters. The maximum atomic E-state index is 13.5. The Bertz CT molecular complexity index is 1380. The van der Waals surface area contributed by atoms with Crippen molar-refractivity contribution in [2.24, 2.45) is 0 Å². The molecule has 0 saturated carbocycles. The first-order valence-electron chi connectivity index (χ1n) is 12.2. The third kappa shape index (κ3) is 5.29. The number of ether oxygens (including phenoxy) is 4. The summed E-state index contributed by atoms with van der Waals surface area (Å²) in [5, 5.41) is 11.5. The number of methoxy groups -OCH3 is 3. The first-order valence-corrected chi connectivity index (χ1v) is 12.2. The second kappa shape index (κ2) is 11.3. The molecule has 1 unspecified atom stereocenters. The van der Waals surface area contributed by atoms with Gasteiger partial charge in [-0.1, -0.05) is 24.3 Å². The van der Waals surface area contributed by atoms with Crippen molar-refractivity contribution in [2.75, 3.05) is 21.3 Å². The third-order valence-corrected chi connectivity index (χ3v) is 6.24. The normalized spacial score (nSPS) is 16.6. The highest BCUT2D eigenvalue weighted by atomic mass is 16.5. The minimum atomic E-state index is -0.869. The van der Waals surface area contributed by atoms with Crippen LogP contribution in [-0.2, 0) is 16.1 Å². The Kier molecular flexibility index (Phi) is 7.90. The molecule has 38 heavy (non-hydrogen) atoms. The van der Waals surface area contributed by atoms with Crippen LogP contribution >= 0.6 is 0 Å². The molecule has 3 aromatic rings. The first kappa shape index (κ1) is 26.6. The Hall–Kier alpha value is -4.46. The molecule has 1 aliphatic heterocycles. The number of carbonyl (C=O) groups is 2. The maximum absolute atomic E-state index is 13.5. The average Bonchev–Trinajstić information content (AvgIpc) is 3.17. The molecule has 4 rings (SSSR count). The molecule has 0 spiro atoms. The molecule has 1 aliphatic rings. The molecule has 0 bridgehead atoms. The van der Waals surface area contributed by atoms with Gasteiger partial charge in [-0.05, 0) is 61.4 Å². The first-order chi connectivity index (χ1) is 18.3. The Morgan fingerprint density at radius 3 is 2.24 bits per heavy atom. The Morgan fingerprint density at radius 2 is 1.55 bits per heavy atom. The van der Waals surface area contributed by atoms with Crippen LogP contribution in [0.5, 0.6) is 23.0 Å². The Labute approximate surface area is 222 Å². The van der Waals surface area contributed by atoms with Gasteiger partial charge in [0.1, 0.15) is 28.8 Å². The molecule has 1 amide bonds. The third-order valence-electron chi connectivity index (χ3n) is 6.24. The highest BCUT2D eigenvalue weighted by molar-refractivity contribution is 6.46. The summed E-state index contributed by atoms with van der Waals surface area (Å²) in [5.41, 5.74) is 1.62. The van der Waals surface area contributed by atoms with Gasteiger partial charge < -0.3 is 29.0 Å². The lowest BCUT2D eigenvalue weighted by Crippen LogP contribution is -2.29. The predicted molar refractivity (Wildman–Crippen MR) is 143 cm³/mol. The van der Waals surface area contributed by atoms with Crippen molar-refractivity contribution in [1.82, 2.24) is 4.90 Å². The van der Waals surface area contributed by atoms with Crippen molar-refractivity contribution < 1.29 is 33.6 Å². The van der Waals surface area contributed by atoms with Gasteiger partial charge in [-0.25, -0.2) is 0 Å². The molecule has 1 heterocycles. The van der Waals surface area contributed by atoms with Crippen molar-refractivity contribution in [3.8, 4) is 23.0 Å². The molecule has 8 heteroatoms. The Balaban J connectivity index is 1.86. The number of nitrogens with zero attached hydrogens (tertiary/aromatic N) is 1. The lowest BCUT2D eigenvalue weighted by Gasteiger charge is -2.26. The van der Waals surface area contributed by atoms with E-state index in [1.54, 1.807) is 49.6 Å². The summed E-state index contributed by atoms with van der Waals surface area (Å²) in [7, 11) is 4.51. The number of rotatable bonds is 9. The summed E-state index contributed by atoms with van der Waals surface area (Å²) in [4.78, 5) is 28.3. The van der Waals surface area contributed by atoms with E-state index in [2.05, 4.69) is 0 Å². The van der Waals surface area contributed by atoms with Crippen LogP contribution in [0.2, 0.25) is 0 Å². The van der Waals surface area contributed by atoms with Gasteiger partial charge in [0.25, 0.3) is 11.7 Å². The number of carbonyl (C=O) groups excluding carboxylic acids is 2. The molecule has 8 nitrogen and oxygen atoms in total. The number of hydrogen-bond donors (Lipinski definition) is 1. The number of ketones is 1. The highest BCUT2D eigenvalue weighted by Gasteiger charge is 2.46. The zero-order valence-corrected chi connectivity index (χ0v) is 22.1. The van der Waals surface area contributed by atoms with Crippen LogP contribution in [0.15, 0.2) is 72.3 Å². The second-order valence-electron chi connectivity index (χ2n) is 9.08. The fourth-order valence-electron chi connectivity index (χ4n) is 4.53. The van der Waals surface area contributed by atoms with Crippen LogP contribution in [-0.4, -0.2) is 49.1 Å². The fraction of sp³-hybridized carbons (Fsp3) is 0.267. The maximum Gasteiger partial charge on any atom is 0.295 e. The monoisotopic (exact) mass is 517 g/mol. The largest absolute Gasteiger partial charge is 0.507 e. The molecule has 1 fully saturated rings. The van der Waals surface area contributed by atoms with E-state index in [9.17, 15) is 14.7 Å². The summed E-state index contributed by atoms with van der Waals surface area (Å²) in [5.74, 6) is 0.194. The summed E-state index contributed by atoms with van der Waals surface area (Å²) >= 11 is 0. The van der Waals surface area contributed by atoms with Gasteiger partial charge >= 0.3 is 0 Å². The van der Waals surface area contributed by atoms with Crippen molar-refractivity contribution in [3.63, 3.8) is 0 Å². The number of amides is 1. The van der Waals surface area contributed by atoms with E-state index in [1.165, 1.54) is 19.1 Å². The fourth-order valence-corrected chi connectivity index (χ4v) is 4.53. The lowest BCUT2D eigenvalue weighted by atomic mass is 9.94. The zero-order valence-electron chi connectivity index (χ0n) is 22.1. The quantitative estimate of drug-likeness (QED) is 0.239. The van der Waals surface area contributed by atoms with E-state index in [4.69, 9.17) is 18.9 Å². The van der Waals surface area contributed by atoms with Gasteiger partial charge in [0.2, 0.25) is 0 Å². The van der Waals surface area contributed by atoms with Crippen LogP contribution < -0.4 is 18.9 Å². The van der Waals surface area contributed by atoms with Gasteiger partial charge in [0.05, 0.1) is 44.6 Å². The molecule has 0 radical (unpaired) electrons. The number of Topliss-reactive ketones (excluding diaryl/α,β-unsaturated/α-hetero) is 1. The number of hydrogen-bond acceptors (Lipinski definition) is 7. The SMILES string of the molecule is COc1cccc(C2/C(=C(/O)c3ccc(OC)cc3OC)C(=O)C(=O)N2Cc2cccc(OC(C)C)c2)c1. The van der Waals surface area contributed by atoms with Crippen LogP contribution in [0.25, 0.3) is 5.76 Å². The second-order valence-corrected chi connectivity index (χ2v) is 9.08. The summed E-state index contributed by atoms with van der Waals surface area (Å²) < 4.78 is 21.9. The minimum Gasteiger partial charge on any atom is -0.507 e. The van der Waals surface area contributed by atoms with Crippen LogP contribution in [0.4, 0.5) is 0 Å². The number of aliphatic hydroxyl groups is 1. The highest BCUT2D eigenvalue weighted by Crippen LogP contribution is 2.43. The molecule has 198 valence electrons. The standard InChI is InChI=1S/C30H31NO7/c1-18(2)38-23-11-6-8-19(14-23)17-31-27(20-9-7-10-21(15-20)35-3)26(29(33)30(31)34)28(32)24-13-12-22(36-4)16-25(24)37-5/h6-16,18,27,32H,17H2,1-5H3/b28-26-. The molecule has 1 N–H and O–H groups in total. The van der Waals surface area contributed by atoms with E-state index in [0.717, 1.165) is 5.56 Å². The van der Waals surface area contributed by atoms with E-state index in [0.29, 0.717) is 28.6 Å². The van der Waals surface area contributed by atoms with Gasteiger partial charge in [0.15, 0.2) is 0 Å². The molecular weight excluding hydrogens is 486 g/mol. The van der Waals surface area contributed by atoms with E-state index in [-0.39, 0.29) is 29.5 Å². The molecule has 3 aromatic carbocycles. The Morgan fingerprint density at radius 1 is 0.868 bits per heavy atom. The van der Waals surface area contributed by atoms with Crippen molar-refractivity contribution in [2.45, 2.75) is 32.5 Å². The summed E-state index contributed by atoms with van der Waals surface area (Å²) in [6.45, 7) is 3.99. The minimum absolute atomic E-state index is 0.0178. The summed E-state index contributed by atoms with van der Waals surface area (Å²) in [6.07, 6.45) is -0.0178. The molecule has 0 aromatic heterocycles. The van der Waals surface area contributed by atoms with Gasteiger partial charge in [-0.15, -0.1) is 0 Å². The molecule has 0 aliphatic carbocycles. The van der Waals surface area contributed by atoms with E-state index >= 15 is 0 Å². The van der Waals surface area contributed by atoms with E-state index < -0.39 is 17.7 Å². The topological polar surface area (TPSA) is 94.5 Å². The van der Waals surface area contributed by atoms with Crippen LogP contribution in [0.1, 0.15) is 36.6 Å². The smallest absolute Gasteiger partial charge is 0.295 e. The van der Waals surface area contributed by atoms with Crippen molar-refractivity contribution in [3.05, 3.63) is 89.0 Å². The van der Waals surface area contributed by atoms with Crippen LogP contribution in [0, 0.1) is 0 Å². The average molecular weight is 518 g/mol. The lowest BCUT2D eigenvalue weighted by molar-refractivity contribution is -0.140. The number of benzene rings is 3. The zero-order chi connectivity index (χ0) is 27.4. The number of likely N-dealkylation sites (tertiary alicyclic amines) is 1. The van der Waals surface area contributed by atoms with Crippen molar-refractivity contribution in [1.29, 1.82) is 0 Å². The van der Waals surface area contributed by atoms with Crippen LogP contribution in [0.3, 0.4) is 0 Å². The predicted octanol–water partition coefficient (Wildman–Crippen LogP) is 5.12. The molecular formula is C30H31NO7. The summed E-state index contributed by atoms with van der Waals surface area (Å²) in [6, 6.07) is 18.5. The van der Waals surface area contributed by atoms with Gasteiger partial charge in [-0.3, -0.25) is 9.59 Å². The van der Waals surface area contributed by atoms with Gasteiger partial charge in [-0.2, -0.15) is 0 Å².